The Morgan fingerprint density at radius 3 is 3.07 bits per heavy atom. The summed E-state index contributed by atoms with van der Waals surface area (Å²) in [5, 5.41) is 11.6. The van der Waals surface area contributed by atoms with Gasteiger partial charge in [0.05, 0.1) is 11.4 Å². The second kappa shape index (κ2) is 3.51. The summed E-state index contributed by atoms with van der Waals surface area (Å²) < 4.78 is 0. The molecule has 1 N–H and O–H groups in total. The molecule has 0 radical (unpaired) electrons. The maximum Gasteiger partial charge on any atom is 0.252 e. The van der Waals surface area contributed by atoms with E-state index in [1.165, 1.54) is 4.90 Å². The molecule has 3 atom stereocenters. The predicted octanol–water partition coefficient (Wildman–Crippen LogP) is -0.659. The molecule has 0 bridgehead atoms. The quantitative estimate of drug-likeness (QED) is 0.499. The lowest BCUT2D eigenvalue weighted by Gasteiger charge is -2.22. The maximum atomic E-state index is 12.0. The van der Waals surface area contributed by atoms with Crippen molar-refractivity contribution in [1.29, 1.82) is 5.26 Å². The summed E-state index contributed by atoms with van der Waals surface area (Å²) in [6.07, 6.45) is 1.11. The van der Waals surface area contributed by atoms with E-state index in [2.05, 4.69) is 11.4 Å². The summed E-state index contributed by atoms with van der Waals surface area (Å²) in [6, 6.07) is 1.71. The third-order valence-corrected chi connectivity index (χ3v) is 4.29. The van der Waals surface area contributed by atoms with Crippen LogP contribution in [0.2, 0.25) is 0 Å². The molecule has 6 heteroatoms. The topological polar surface area (TPSA) is 73.2 Å². The Morgan fingerprint density at radius 2 is 2.53 bits per heavy atom. The third-order valence-electron chi connectivity index (χ3n) is 3.00. The maximum absolute atomic E-state index is 12.0. The Balaban J connectivity index is 2.31. The molecule has 2 heterocycles. The van der Waals surface area contributed by atoms with Crippen molar-refractivity contribution in [1.82, 2.24) is 10.2 Å². The molecule has 80 valence electrons. The van der Waals surface area contributed by atoms with Crippen molar-refractivity contribution in [3.8, 4) is 6.07 Å². The van der Waals surface area contributed by atoms with Gasteiger partial charge in [-0.25, -0.2) is 0 Å². The van der Waals surface area contributed by atoms with E-state index >= 15 is 0 Å². The van der Waals surface area contributed by atoms with E-state index in [9.17, 15) is 9.59 Å². The monoisotopic (exact) mass is 225 g/mol. The van der Waals surface area contributed by atoms with Gasteiger partial charge in [-0.05, 0) is 7.05 Å². The van der Waals surface area contributed by atoms with E-state index < -0.39 is 5.54 Å². The van der Waals surface area contributed by atoms with Gasteiger partial charge < -0.3 is 15.0 Å². The Morgan fingerprint density at radius 1 is 1.80 bits per heavy atom. The molecule has 1 amide bonds. The predicted molar refractivity (Wildman–Crippen MR) is 55.0 cm³/mol. The summed E-state index contributed by atoms with van der Waals surface area (Å²) in [5.41, 5.74) is -1.10. The summed E-state index contributed by atoms with van der Waals surface area (Å²) in [4.78, 5) is 24.5. The number of carbonyl (C=O) groups is 2. The Hall–Kier alpha value is -1.06. The van der Waals surface area contributed by atoms with Crippen molar-refractivity contribution >= 4 is 24.0 Å². The highest BCUT2D eigenvalue weighted by molar-refractivity contribution is 8.00. The lowest BCUT2D eigenvalue weighted by atomic mass is 10.0. The van der Waals surface area contributed by atoms with E-state index in [0.29, 0.717) is 18.5 Å². The minimum absolute atomic E-state index is 0.0280. The fourth-order valence-corrected chi connectivity index (χ4v) is 3.48. The number of hydrogen-bond donors (Lipinski definition) is 1. The average molecular weight is 225 g/mol. The van der Waals surface area contributed by atoms with Crippen LogP contribution in [0.25, 0.3) is 0 Å². The van der Waals surface area contributed by atoms with E-state index in [1.807, 2.05) is 0 Å². The molecule has 0 aromatic carbocycles. The fourth-order valence-electron chi connectivity index (χ4n) is 2.05. The van der Waals surface area contributed by atoms with Crippen LogP contribution in [0.5, 0.6) is 0 Å². The fraction of sp³-hybridized carbons (Fsp3) is 0.667. The van der Waals surface area contributed by atoms with Crippen LogP contribution in [-0.2, 0) is 9.59 Å². The molecule has 2 aliphatic rings. The van der Waals surface area contributed by atoms with Crippen LogP contribution in [0.4, 0.5) is 0 Å². The number of fused-ring (bicyclic) bond motifs is 1. The molecule has 5 nitrogen and oxygen atoms in total. The number of aldehydes is 1. The molecule has 15 heavy (non-hydrogen) atoms. The Labute approximate surface area is 91.8 Å². The number of rotatable bonds is 2. The summed E-state index contributed by atoms with van der Waals surface area (Å²) in [7, 11) is 1.60. The second-order valence-corrected chi connectivity index (χ2v) is 4.90. The summed E-state index contributed by atoms with van der Waals surface area (Å²) >= 11 is 1.57. The van der Waals surface area contributed by atoms with Gasteiger partial charge in [-0.2, -0.15) is 5.26 Å². The molecule has 2 aliphatic heterocycles. The first-order valence-corrected chi connectivity index (χ1v) is 5.72. The number of nitriles is 1. The minimum atomic E-state index is -1.10. The van der Waals surface area contributed by atoms with Crippen LogP contribution in [0, 0.1) is 11.3 Å². The van der Waals surface area contributed by atoms with Gasteiger partial charge in [-0.1, -0.05) is 0 Å². The first-order chi connectivity index (χ1) is 7.18. The lowest BCUT2D eigenvalue weighted by molar-refractivity contribution is -0.136. The van der Waals surface area contributed by atoms with Crippen molar-refractivity contribution in [2.75, 3.05) is 12.8 Å². The van der Waals surface area contributed by atoms with Gasteiger partial charge in [0.15, 0.2) is 5.54 Å². The van der Waals surface area contributed by atoms with Gasteiger partial charge in [-0.3, -0.25) is 4.79 Å². The molecule has 0 spiro atoms. The zero-order valence-corrected chi connectivity index (χ0v) is 9.08. The first kappa shape index (κ1) is 10.5. The van der Waals surface area contributed by atoms with Crippen molar-refractivity contribution in [3.63, 3.8) is 0 Å². The number of amides is 1. The van der Waals surface area contributed by atoms with Crippen molar-refractivity contribution in [2.45, 2.75) is 23.4 Å². The van der Waals surface area contributed by atoms with Gasteiger partial charge in [0, 0.05) is 12.2 Å². The number of carbonyl (C=O) groups excluding carboxylic acids is 2. The number of likely N-dealkylation sites (N-methyl/N-ethyl adjacent to an activating group) is 1. The second-order valence-electron chi connectivity index (χ2n) is 3.69. The lowest BCUT2D eigenvalue weighted by Crippen LogP contribution is -2.53. The van der Waals surface area contributed by atoms with Gasteiger partial charge in [-0.15, -0.1) is 11.8 Å². The van der Waals surface area contributed by atoms with Crippen LogP contribution in [-0.4, -0.2) is 46.8 Å². The molecule has 0 aliphatic carbocycles. The molecule has 2 rings (SSSR count). The standard InChI is InChI=1S/C9H11N3O2S/c1-11-9(5-13)2-7-12(8(9)14)6(3-10)4-15-7/h5-7,11H,2,4H2,1H3. The first-order valence-electron chi connectivity index (χ1n) is 4.68. The van der Waals surface area contributed by atoms with Gasteiger partial charge in [0.25, 0.3) is 5.91 Å². The Bertz CT molecular complexity index is 354. The van der Waals surface area contributed by atoms with E-state index in [1.54, 1.807) is 18.8 Å². The van der Waals surface area contributed by atoms with Crippen LogP contribution >= 0.6 is 11.8 Å². The van der Waals surface area contributed by atoms with Crippen molar-refractivity contribution < 1.29 is 9.59 Å². The van der Waals surface area contributed by atoms with Crippen molar-refractivity contribution in [2.24, 2.45) is 0 Å². The summed E-state index contributed by atoms with van der Waals surface area (Å²) in [5.74, 6) is 0.382. The number of nitrogens with one attached hydrogen (secondary N) is 1. The summed E-state index contributed by atoms with van der Waals surface area (Å²) in [6.45, 7) is 0. The third kappa shape index (κ3) is 1.27. The van der Waals surface area contributed by atoms with E-state index in [4.69, 9.17) is 5.26 Å². The van der Waals surface area contributed by atoms with Crippen LogP contribution < -0.4 is 5.32 Å². The largest absolute Gasteiger partial charge is 0.312 e. The smallest absolute Gasteiger partial charge is 0.252 e. The van der Waals surface area contributed by atoms with Crippen LogP contribution in [0.1, 0.15) is 6.42 Å². The molecular weight excluding hydrogens is 214 g/mol. The van der Waals surface area contributed by atoms with E-state index in [0.717, 1.165) is 0 Å². The molecule has 2 saturated heterocycles. The van der Waals surface area contributed by atoms with Crippen molar-refractivity contribution in [3.05, 3.63) is 0 Å². The molecule has 0 aromatic heterocycles. The molecule has 3 unspecified atom stereocenters. The van der Waals surface area contributed by atoms with Crippen LogP contribution in [0.15, 0.2) is 0 Å². The van der Waals surface area contributed by atoms with Crippen LogP contribution in [0.3, 0.4) is 0 Å². The van der Waals surface area contributed by atoms with Gasteiger partial charge in [0.1, 0.15) is 12.3 Å². The highest BCUT2D eigenvalue weighted by Gasteiger charge is 2.56. The van der Waals surface area contributed by atoms with Gasteiger partial charge in [0.2, 0.25) is 0 Å². The molecular formula is C9H11N3O2S. The number of nitrogens with zero attached hydrogens (tertiary/aromatic N) is 2. The normalized spacial score (nSPS) is 38.9. The highest BCUT2D eigenvalue weighted by Crippen LogP contribution is 2.40. The number of thioether (sulfide) groups is 1. The molecule has 0 aromatic rings. The Kier molecular flexibility index (Phi) is 2.44. The molecule has 0 saturated carbocycles. The van der Waals surface area contributed by atoms with E-state index in [-0.39, 0.29) is 17.3 Å². The number of hydrogen-bond acceptors (Lipinski definition) is 5. The zero-order chi connectivity index (χ0) is 11.1. The highest BCUT2D eigenvalue weighted by atomic mass is 32.2. The minimum Gasteiger partial charge on any atom is -0.312 e. The average Bonchev–Trinajstić information content (AvgIpc) is 2.77. The van der Waals surface area contributed by atoms with Gasteiger partial charge >= 0.3 is 0 Å². The molecule has 2 fully saturated rings. The SMILES string of the molecule is CNC1(C=O)CC2SCC(C#N)N2C1=O. The zero-order valence-electron chi connectivity index (χ0n) is 8.27.